The van der Waals surface area contributed by atoms with Crippen molar-refractivity contribution in [1.82, 2.24) is 5.06 Å². The second-order valence-corrected chi connectivity index (χ2v) is 6.26. The Balaban J connectivity index is 0.00000341. The standard InChI is InChI=1S/C23H22N2O5.Na/c1-24-23(27)30-25(17-26)15-18-10-12-20(13-11-18)28-16-19-6-5-9-22(14-19)29-21-7-3-2-4-8-21;/h2-14,17H,15-16H2,1H3,(H,24,27);/q;+1/p-1. The van der Waals surface area contributed by atoms with E-state index in [4.69, 9.17) is 14.3 Å². The van der Waals surface area contributed by atoms with Gasteiger partial charge in [-0.3, -0.25) is 9.59 Å². The largest absolute Gasteiger partial charge is 1.00 e. The molecule has 0 aromatic heterocycles. The van der Waals surface area contributed by atoms with Crippen molar-refractivity contribution in [2.75, 3.05) is 7.05 Å². The van der Waals surface area contributed by atoms with Crippen molar-refractivity contribution in [3.8, 4) is 17.2 Å². The van der Waals surface area contributed by atoms with Gasteiger partial charge in [-0.05, 0) is 47.5 Å². The minimum absolute atomic E-state index is 0. The van der Waals surface area contributed by atoms with Gasteiger partial charge in [0.1, 0.15) is 23.9 Å². The molecule has 0 radical (unpaired) electrons. The van der Waals surface area contributed by atoms with E-state index in [9.17, 15) is 9.59 Å². The normalized spacial score (nSPS) is 9.71. The van der Waals surface area contributed by atoms with Gasteiger partial charge in [-0.25, -0.2) is 0 Å². The Bertz CT molecular complexity index is 967. The molecule has 0 fully saturated rings. The second-order valence-electron chi connectivity index (χ2n) is 6.26. The summed E-state index contributed by atoms with van der Waals surface area (Å²) in [6.07, 6.45) is -0.404. The molecule has 0 unspecified atom stereocenters. The number of para-hydroxylation sites is 1. The molecule has 8 heteroatoms. The van der Waals surface area contributed by atoms with E-state index in [0.29, 0.717) is 18.8 Å². The molecule has 3 rings (SSSR count). The van der Waals surface area contributed by atoms with E-state index in [1.807, 2.05) is 54.6 Å². The third-order valence-electron chi connectivity index (χ3n) is 4.04. The van der Waals surface area contributed by atoms with Crippen LogP contribution in [-0.4, -0.2) is 24.6 Å². The maximum atomic E-state index is 11.2. The zero-order chi connectivity index (χ0) is 21.2. The van der Waals surface area contributed by atoms with Crippen LogP contribution in [0, 0.1) is 0 Å². The topological polar surface area (TPSA) is 79.2 Å². The Morgan fingerprint density at radius 3 is 2.29 bits per heavy atom. The fourth-order valence-electron chi connectivity index (χ4n) is 2.59. The molecule has 0 N–H and O–H groups in total. The van der Waals surface area contributed by atoms with Crippen LogP contribution in [-0.2, 0) is 22.8 Å². The van der Waals surface area contributed by atoms with Crippen LogP contribution in [0.2, 0.25) is 0 Å². The van der Waals surface area contributed by atoms with E-state index >= 15 is 0 Å². The van der Waals surface area contributed by atoms with Gasteiger partial charge in [-0.15, -0.1) is 7.05 Å². The number of hydrogen-bond acceptors (Lipinski definition) is 5. The summed E-state index contributed by atoms with van der Waals surface area (Å²) < 4.78 is 11.7. The van der Waals surface area contributed by atoms with Crippen molar-refractivity contribution < 1.29 is 53.5 Å². The van der Waals surface area contributed by atoms with Crippen LogP contribution in [0.15, 0.2) is 78.9 Å². The summed E-state index contributed by atoms with van der Waals surface area (Å²) in [5.41, 5.74) is 1.74. The first kappa shape index (κ1) is 24.3. The van der Waals surface area contributed by atoms with Crippen molar-refractivity contribution in [2.45, 2.75) is 13.2 Å². The molecule has 0 saturated carbocycles. The summed E-state index contributed by atoms with van der Waals surface area (Å²) in [6.45, 7) is 0.491. The molecule has 31 heavy (non-hydrogen) atoms. The third kappa shape index (κ3) is 7.97. The van der Waals surface area contributed by atoms with E-state index in [1.165, 1.54) is 7.05 Å². The smallest absolute Gasteiger partial charge is 0.617 e. The SMILES string of the molecule is C[N-]C(=O)ON(C=O)Cc1ccc(OCc2cccc(Oc3ccccc3)c2)cc1.[Na+]. The zero-order valence-electron chi connectivity index (χ0n) is 17.4. The second kappa shape index (κ2) is 12.6. The minimum atomic E-state index is -0.833. The van der Waals surface area contributed by atoms with Crippen LogP contribution in [0.5, 0.6) is 17.2 Å². The van der Waals surface area contributed by atoms with Gasteiger partial charge in [0.2, 0.25) is 6.41 Å². The van der Waals surface area contributed by atoms with Crippen molar-refractivity contribution in [2.24, 2.45) is 0 Å². The quantitative estimate of drug-likeness (QED) is 0.296. The first-order valence-electron chi connectivity index (χ1n) is 9.23. The molecule has 0 aliphatic carbocycles. The molecule has 0 spiro atoms. The molecule has 0 heterocycles. The van der Waals surface area contributed by atoms with Crippen LogP contribution < -0.4 is 39.0 Å². The van der Waals surface area contributed by atoms with Crippen LogP contribution in [0.25, 0.3) is 5.32 Å². The van der Waals surface area contributed by atoms with Crippen LogP contribution >= 0.6 is 0 Å². The average Bonchev–Trinajstić information content (AvgIpc) is 2.79. The van der Waals surface area contributed by atoms with E-state index in [1.54, 1.807) is 24.3 Å². The van der Waals surface area contributed by atoms with E-state index in [0.717, 1.165) is 27.7 Å². The molecule has 0 aliphatic heterocycles. The van der Waals surface area contributed by atoms with Crippen LogP contribution in [0.1, 0.15) is 11.1 Å². The number of benzene rings is 3. The third-order valence-corrected chi connectivity index (χ3v) is 4.04. The fourth-order valence-corrected chi connectivity index (χ4v) is 2.59. The Kier molecular flexibility index (Phi) is 9.90. The molecule has 7 nitrogen and oxygen atoms in total. The molecular weight excluding hydrogens is 407 g/mol. The zero-order valence-corrected chi connectivity index (χ0v) is 19.4. The Morgan fingerprint density at radius 2 is 1.61 bits per heavy atom. The molecule has 0 aliphatic rings. The molecule has 0 bridgehead atoms. The summed E-state index contributed by atoms with van der Waals surface area (Å²) in [6, 6.07) is 24.4. The van der Waals surface area contributed by atoms with Gasteiger partial charge in [0.25, 0.3) is 6.09 Å². The van der Waals surface area contributed by atoms with Crippen LogP contribution in [0.4, 0.5) is 4.79 Å². The van der Waals surface area contributed by atoms with Gasteiger partial charge in [0, 0.05) is 0 Å². The molecular formula is C23H21N2NaO5. The minimum Gasteiger partial charge on any atom is -0.617 e. The van der Waals surface area contributed by atoms with Crippen molar-refractivity contribution in [3.63, 3.8) is 0 Å². The number of amides is 2. The Morgan fingerprint density at radius 1 is 0.903 bits per heavy atom. The number of hydrogen-bond donors (Lipinski definition) is 0. The van der Waals surface area contributed by atoms with E-state index in [2.05, 4.69) is 5.32 Å². The summed E-state index contributed by atoms with van der Waals surface area (Å²) in [4.78, 5) is 26.9. The predicted molar refractivity (Wildman–Crippen MR) is 111 cm³/mol. The number of rotatable bonds is 9. The van der Waals surface area contributed by atoms with Gasteiger partial charge < -0.3 is 19.6 Å². The predicted octanol–water partition coefficient (Wildman–Crippen LogP) is 2.08. The first-order valence-corrected chi connectivity index (χ1v) is 9.23. The maximum Gasteiger partial charge on any atom is 1.00 e. The van der Waals surface area contributed by atoms with Gasteiger partial charge >= 0.3 is 29.6 Å². The number of nitrogens with zero attached hydrogens (tertiary/aromatic N) is 2. The average molecular weight is 428 g/mol. The van der Waals surface area contributed by atoms with E-state index < -0.39 is 6.09 Å². The Hall–Kier alpha value is -3.00. The van der Waals surface area contributed by atoms with Crippen LogP contribution in [0.3, 0.4) is 0 Å². The Labute approximate surface area is 203 Å². The summed E-state index contributed by atoms with van der Waals surface area (Å²) >= 11 is 0. The molecule has 3 aromatic rings. The number of carbonyl (C=O) groups excluding carboxylic acids is 2. The van der Waals surface area contributed by atoms with Gasteiger partial charge in [-0.2, -0.15) is 5.06 Å². The molecule has 154 valence electrons. The molecule has 0 atom stereocenters. The van der Waals surface area contributed by atoms with Gasteiger partial charge in [-0.1, -0.05) is 42.5 Å². The fraction of sp³-hybridized carbons (Fsp3) is 0.130. The summed E-state index contributed by atoms with van der Waals surface area (Å²) in [5, 5.41) is 4.20. The monoisotopic (exact) mass is 428 g/mol. The number of ether oxygens (including phenoxy) is 2. The van der Waals surface area contributed by atoms with Crippen molar-refractivity contribution in [1.29, 1.82) is 0 Å². The molecule has 0 saturated heterocycles. The summed E-state index contributed by atoms with van der Waals surface area (Å²) in [5.74, 6) is 2.18. The first-order chi connectivity index (χ1) is 14.7. The molecule has 2 amide bonds. The van der Waals surface area contributed by atoms with Crippen molar-refractivity contribution >= 4 is 12.5 Å². The number of carbonyl (C=O) groups is 2. The van der Waals surface area contributed by atoms with Gasteiger partial charge in [0.15, 0.2) is 0 Å². The van der Waals surface area contributed by atoms with Crippen molar-refractivity contribution in [3.05, 3.63) is 95.3 Å². The van der Waals surface area contributed by atoms with E-state index in [-0.39, 0.29) is 36.1 Å². The van der Waals surface area contributed by atoms with Gasteiger partial charge in [0.05, 0.1) is 6.54 Å². The molecule has 3 aromatic carbocycles. The maximum absolute atomic E-state index is 11.2. The number of hydroxylamine groups is 2. The summed E-state index contributed by atoms with van der Waals surface area (Å²) in [7, 11) is 1.29.